The van der Waals surface area contributed by atoms with Crippen molar-refractivity contribution in [3.8, 4) is 0 Å². The zero-order valence-corrected chi connectivity index (χ0v) is 13.7. The van der Waals surface area contributed by atoms with Gasteiger partial charge in [-0.15, -0.1) is 16.9 Å². The molecule has 0 aromatic carbocycles. The van der Waals surface area contributed by atoms with Crippen LogP contribution in [0.5, 0.6) is 0 Å². The topological polar surface area (TPSA) is 101 Å². The van der Waals surface area contributed by atoms with Crippen LogP contribution in [0.2, 0.25) is 0 Å². The molecule has 8 nitrogen and oxygen atoms in total. The Morgan fingerprint density at radius 2 is 2.26 bits per heavy atom. The first-order chi connectivity index (χ1) is 11.3. The number of anilines is 1. The van der Waals surface area contributed by atoms with Crippen molar-refractivity contribution in [1.82, 2.24) is 30.5 Å². The lowest BCUT2D eigenvalue weighted by Gasteiger charge is -2.23. The third-order valence-corrected chi connectivity index (χ3v) is 4.76. The molecule has 1 saturated carbocycles. The lowest BCUT2D eigenvalue weighted by Crippen LogP contribution is -2.32. The van der Waals surface area contributed by atoms with Gasteiger partial charge in [0.15, 0.2) is 0 Å². The highest BCUT2D eigenvalue weighted by atomic mass is 32.2. The Morgan fingerprint density at radius 3 is 3.04 bits per heavy atom. The van der Waals surface area contributed by atoms with Gasteiger partial charge in [0.1, 0.15) is 10.8 Å². The summed E-state index contributed by atoms with van der Waals surface area (Å²) >= 11 is 1.54. The van der Waals surface area contributed by atoms with Crippen molar-refractivity contribution in [3.63, 3.8) is 0 Å². The summed E-state index contributed by atoms with van der Waals surface area (Å²) in [6.07, 6.45) is 9.42. The van der Waals surface area contributed by atoms with Gasteiger partial charge < -0.3 is 5.32 Å². The molecule has 0 bridgehead atoms. The van der Waals surface area contributed by atoms with Crippen LogP contribution < -0.4 is 10.6 Å². The smallest absolute Gasteiger partial charge is 0.320 e. The monoisotopic (exact) mass is 335 g/mol. The molecule has 3 rings (SSSR count). The van der Waals surface area contributed by atoms with Crippen LogP contribution >= 0.6 is 11.8 Å². The SMILES string of the molecule is O=C(NCCSc1cn[nH]n1)Nc1ccnn1C1CCCCC1. The molecule has 2 aromatic heterocycles. The van der Waals surface area contributed by atoms with Gasteiger partial charge in [-0.1, -0.05) is 19.3 Å². The van der Waals surface area contributed by atoms with E-state index in [1.807, 2.05) is 10.7 Å². The van der Waals surface area contributed by atoms with Crippen molar-refractivity contribution in [1.29, 1.82) is 0 Å². The van der Waals surface area contributed by atoms with Crippen LogP contribution in [0.3, 0.4) is 0 Å². The quantitative estimate of drug-likeness (QED) is 0.556. The van der Waals surface area contributed by atoms with Gasteiger partial charge in [-0.05, 0) is 12.8 Å². The zero-order valence-electron chi connectivity index (χ0n) is 12.9. The Bertz CT molecular complexity index is 606. The number of carbonyl (C=O) groups excluding carboxylic acids is 1. The van der Waals surface area contributed by atoms with Crippen LogP contribution in [0.15, 0.2) is 23.5 Å². The van der Waals surface area contributed by atoms with Crippen molar-refractivity contribution >= 4 is 23.6 Å². The highest BCUT2D eigenvalue weighted by Gasteiger charge is 2.19. The number of aromatic amines is 1. The van der Waals surface area contributed by atoms with Gasteiger partial charge in [-0.25, -0.2) is 9.48 Å². The van der Waals surface area contributed by atoms with Crippen LogP contribution in [0.25, 0.3) is 0 Å². The van der Waals surface area contributed by atoms with E-state index in [0.29, 0.717) is 12.6 Å². The maximum atomic E-state index is 12.0. The largest absolute Gasteiger partial charge is 0.337 e. The predicted molar refractivity (Wildman–Crippen MR) is 88.5 cm³/mol. The van der Waals surface area contributed by atoms with E-state index in [4.69, 9.17) is 0 Å². The molecule has 1 aliphatic carbocycles. The summed E-state index contributed by atoms with van der Waals surface area (Å²) in [6.45, 7) is 0.556. The van der Waals surface area contributed by atoms with E-state index >= 15 is 0 Å². The van der Waals surface area contributed by atoms with Gasteiger partial charge in [0.2, 0.25) is 0 Å². The van der Waals surface area contributed by atoms with Crippen molar-refractivity contribution in [2.75, 3.05) is 17.6 Å². The van der Waals surface area contributed by atoms with E-state index in [9.17, 15) is 4.79 Å². The molecule has 2 aromatic rings. The van der Waals surface area contributed by atoms with Gasteiger partial charge in [0.05, 0.1) is 18.4 Å². The van der Waals surface area contributed by atoms with Gasteiger partial charge in [-0.2, -0.15) is 15.4 Å². The molecule has 1 aliphatic rings. The van der Waals surface area contributed by atoms with E-state index in [1.54, 1.807) is 12.4 Å². The number of amides is 2. The Hall–Kier alpha value is -2.03. The molecule has 0 aliphatic heterocycles. The van der Waals surface area contributed by atoms with Gasteiger partial charge in [0, 0.05) is 18.4 Å². The molecule has 0 atom stereocenters. The molecule has 0 unspecified atom stereocenters. The second-order valence-corrected chi connectivity index (χ2v) is 6.61. The summed E-state index contributed by atoms with van der Waals surface area (Å²) in [6, 6.07) is 2.04. The Morgan fingerprint density at radius 1 is 1.39 bits per heavy atom. The molecule has 0 saturated heterocycles. The minimum absolute atomic E-state index is 0.205. The number of nitrogens with zero attached hydrogens (tertiary/aromatic N) is 4. The van der Waals surface area contributed by atoms with Crippen LogP contribution in [0.1, 0.15) is 38.1 Å². The first kappa shape index (κ1) is 15.9. The molecule has 23 heavy (non-hydrogen) atoms. The zero-order chi connectivity index (χ0) is 15.9. The standard InChI is InChI=1S/C14H21N7OS/c22-14(15-8-9-23-13-10-16-20-19-13)18-12-6-7-17-21(12)11-4-2-1-3-5-11/h6-7,10-11H,1-5,8-9H2,(H2,15,18,22)(H,16,19,20). The molecule has 3 N–H and O–H groups in total. The van der Waals surface area contributed by atoms with Crippen LogP contribution in [-0.2, 0) is 0 Å². The Kier molecular flexibility index (Phi) is 5.51. The number of rotatable bonds is 6. The van der Waals surface area contributed by atoms with E-state index in [2.05, 4.69) is 31.1 Å². The summed E-state index contributed by atoms with van der Waals surface area (Å²) in [7, 11) is 0. The molecule has 1 fully saturated rings. The number of hydrogen-bond donors (Lipinski definition) is 3. The fourth-order valence-electron chi connectivity index (χ4n) is 2.77. The summed E-state index contributed by atoms with van der Waals surface area (Å²) < 4.78 is 1.95. The fraction of sp³-hybridized carbons (Fsp3) is 0.571. The number of nitrogens with one attached hydrogen (secondary N) is 3. The Labute approximate surface area is 138 Å². The molecule has 9 heteroatoms. The van der Waals surface area contributed by atoms with Crippen LogP contribution in [-0.4, -0.2) is 43.5 Å². The number of hydrogen-bond acceptors (Lipinski definition) is 5. The lowest BCUT2D eigenvalue weighted by molar-refractivity contribution is 0.252. The summed E-state index contributed by atoms with van der Waals surface area (Å²) in [4.78, 5) is 12.0. The second-order valence-electron chi connectivity index (χ2n) is 5.49. The first-order valence-corrected chi connectivity index (χ1v) is 8.88. The number of thioether (sulfide) groups is 1. The molecule has 0 radical (unpaired) electrons. The van der Waals surface area contributed by atoms with Crippen molar-refractivity contribution in [2.24, 2.45) is 0 Å². The second kappa shape index (κ2) is 8.00. The molecular formula is C14H21N7OS. The third kappa shape index (κ3) is 4.47. The maximum Gasteiger partial charge on any atom is 0.320 e. The summed E-state index contributed by atoms with van der Waals surface area (Å²) in [5.41, 5.74) is 0. The van der Waals surface area contributed by atoms with E-state index in [-0.39, 0.29) is 6.03 Å². The fourth-order valence-corrected chi connectivity index (χ4v) is 3.42. The normalized spacial score (nSPS) is 15.5. The van der Waals surface area contributed by atoms with Gasteiger partial charge in [0.25, 0.3) is 0 Å². The first-order valence-electron chi connectivity index (χ1n) is 7.90. The third-order valence-electron chi connectivity index (χ3n) is 3.86. The number of H-pyrrole nitrogens is 1. The molecule has 2 heterocycles. The highest BCUT2D eigenvalue weighted by molar-refractivity contribution is 7.99. The highest BCUT2D eigenvalue weighted by Crippen LogP contribution is 2.29. The minimum atomic E-state index is -0.205. The van der Waals surface area contributed by atoms with Crippen molar-refractivity contribution in [2.45, 2.75) is 43.2 Å². The molecule has 2 amide bonds. The molecule has 0 spiro atoms. The van der Waals surface area contributed by atoms with E-state index < -0.39 is 0 Å². The van der Waals surface area contributed by atoms with E-state index in [0.717, 1.165) is 29.4 Å². The van der Waals surface area contributed by atoms with Crippen molar-refractivity contribution < 1.29 is 4.79 Å². The minimum Gasteiger partial charge on any atom is -0.337 e. The Balaban J connectivity index is 1.43. The van der Waals surface area contributed by atoms with Gasteiger partial charge in [-0.3, -0.25) is 5.32 Å². The number of carbonyl (C=O) groups is 1. The van der Waals surface area contributed by atoms with E-state index in [1.165, 1.54) is 31.0 Å². The maximum absolute atomic E-state index is 12.0. The summed E-state index contributed by atoms with van der Waals surface area (Å²) in [5.74, 6) is 1.50. The summed E-state index contributed by atoms with van der Waals surface area (Å²) in [5, 5.41) is 21.2. The lowest BCUT2D eigenvalue weighted by atomic mass is 9.96. The van der Waals surface area contributed by atoms with Crippen molar-refractivity contribution in [3.05, 3.63) is 18.5 Å². The van der Waals surface area contributed by atoms with Crippen LogP contribution in [0.4, 0.5) is 10.6 Å². The average molecular weight is 335 g/mol. The van der Waals surface area contributed by atoms with Gasteiger partial charge >= 0.3 is 6.03 Å². The predicted octanol–water partition coefficient (Wildman–Crippen LogP) is 2.42. The molecular weight excluding hydrogens is 314 g/mol. The number of aromatic nitrogens is 5. The molecule has 124 valence electrons. The average Bonchev–Trinajstić information content (AvgIpc) is 3.24. The number of urea groups is 1. The van der Waals surface area contributed by atoms with Crippen LogP contribution in [0, 0.1) is 0 Å².